The Morgan fingerprint density at radius 3 is 2.24 bits per heavy atom. The van der Waals surface area contributed by atoms with Gasteiger partial charge in [0.15, 0.2) is 5.78 Å². The smallest absolute Gasteiger partial charge is 0.181 e. The van der Waals surface area contributed by atoms with E-state index < -0.39 is 0 Å². The van der Waals surface area contributed by atoms with E-state index in [-0.39, 0.29) is 5.78 Å². The SMILES string of the molecule is CCC(=O)c1nc(C)nc2c1c(C)c(C)n2-c1c(C)cc(Cl)cc1C. The van der Waals surface area contributed by atoms with Crippen LogP contribution in [-0.2, 0) is 0 Å². The summed E-state index contributed by atoms with van der Waals surface area (Å²) < 4.78 is 2.13. The Bertz CT molecular complexity index is 995. The highest BCUT2D eigenvalue weighted by Gasteiger charge is 2.23. The van der Waals surface area contributed by atoms with E-state index >= 15 is 0 Å². The van der Waals surface area contributed by atoms with Crippen LogP contribution < -0.4 is 0 Å². The Kier molecular flexibility index (Phi) is 4.41. The number of fused-ring (bicyclic) bond motifs is 1. The van der Waals surface area contributed by atoms with Gasteiger partial charge in [0.2, 0.25) is 0 Å². The van der Waals surface area contributed by atoms with E-state index in [0.29, 0.717) is 17.9 Å². The van der Waals surface area contributed by atoms with Crippen LogP contribution in [0.4, 0.5) is 0 Å². The molecule has 0 fully saturated rings. The first-order chi connectivity index (χ1) is 11.8. The summed E-state index contributed by atoms with van der Waals surface area (Å²) in [5.74, 6) is 0.646. The molecule has 0 saturated carbocycles. The number of carbonyl (C=O) groups is 1. The molecule has 0 aliphatic carbocycles. The normalized spacial score (nSPS) is 11.3. The van der Waals surface area contributed by atoms with Crippen LogP contribution in [0.2, 0.25) is 5.02 Å². The lowest BCUT2D eigenvalue weighted by Crippen LogP contribution is -2.07. The molecule has 4 nitrogen and oxygen atoms in total. The van der Waals surface area contributed by atoms with Crippen molar-refractivity contribution in [3.8, 4) is 5.69 Å². The largest absolute Gasteiger partial charge is 0.298 e. The fourth-order valence-electron chi connectivity index (χ4n) is 3.47. The molecule has 0 amide bonds. The number of halogens is 1. The third-order valence-electron chi connectivity index (χ3n) is 4.73. The fourth-order valence-corrected chi connectivity index (χ4v) is 3.80. The third kappa shape index (κ3) is 2.74. The second kappa shape index (κ2) is 6.26. The van der Waals surface area contributed by atoms with Gasteiger partial charge in [-0.2, -0.15) is 0 Å². The second-order valence-corrected chi connectivity index (χ2v) is 6.97. The Morgan fingerprint density at radius 2 is 1.68 bits per heavy atom. The Labute approximate surface area is 152 Å². The minimum Gasteiger partial charge on any atom is -0.298 e. The Morgan fingerprint density at radius 1 is 1.08 bits per heavy atom. The van der Waals surface area contributed by atoms with Crippen LogP contribution in [0.3, 0.4) is 0 Å². The summed E-state index contributed by atoms with van der Waals surface area (Å²) in [4.78, 5) is 21.6. The number of hydrogen-bond donors (Lipinski definition) is 0. The standard InChI is InChI=1S/C20H22ClN3O/c1-7-16(25)18-17-12(4)13(5)24(20(17)23-14(6)22-18)19-10(2)8-15(21)9-11(19)3/h8-9H,7H2,1-6H3. The first kappa shape index (κ1) is 17.6. The number of benzene rings is 1. The minimum absolute atomic E-state index is 0.0419. The predicted octanol–water partition coefficient (Wildman–Crippen LogP) is 5.21. The van der Waals surface area contributed by atoms with Gasteiger partial charge in [-0.1, -0.05) is 18.5 Å². The summed E-state index contributed by atoms with van der Waals surface area (Å²) in [7, 11) is 0. The molecule has 130 valence electrons. The van der Waals surface area contributed by atoms with Crippen LogP contribution in [0.15, 0.2) is 12.1 Å². The zero-order valence-electron chi connectivity index (χ0n) is 15.5. The number of aryl methyl sites for hydroxylation is 4. The topological polar surface area (TPSA) is 47.8 Å². The Hall–Kier alpha value is -2.20. The van der Waals surface area contributed by atoms with Crippen molar-refractivity contribution in [1.29, 1.82) is 0 Å². The lowest BCUT2D eigenvalue weighted by atomic mass is 10.1. The van der Waals surface area contributed by atoms with Crippen LogP contribution in [0.5, 0.6) is 0 Å². The van der Waals surface area contributed by atoms with Crippen LogP contribution >= 0.6 is 11.6 Å². The zero-order chi connectivity index (χ0) is 18.5. The highest BCUT2D eigenvalue weighted by atomic mass is 35.5. The molecule has 0 saturated heterocycles. The quantitative estimate of drug-likeness (QED) is 0.606. The van der Waals surface area contributed by atoms with Crippen molar-refractivity contribution >= 4 is 28.4 Å². The molecule has 0 spiro atoms. The molecule has 3 aromatic rings. The van der Waals surface area contributed by atoms with Crippen molar-refractivity contribution in [1.82, 2.24) is 14.5 Å². The zero-order valence-corrected chi connectivity index (χ0v) is 16.2. The molecule has 2 aromatic heterocycles. The fraction of sp³-hybridized carbons (Fsp3) is 0.350. The van der Waals surface area contributed by atoms with E-state index in [9.17, 15) is 4.79 Å². The monoisotopic (exact) mass is 355 g/mol. The molecule has 3 rings (SSSR count). The van der Waals surface area contributed by atoms with Gasteiger partial charge in [0.1, 0.15) is 17.2 Å². The van der Waals surface area contributed by atoms with Gasteiger partial charge < -0.3 is 0 Å². The number of hydrogen-bond acceptors (Lipinski definition) is 3. The van der Waals surface area contributed by atoms with Crippen LogP contribution in [-0.4, -0.2) is 20.3 Å². The highest BCUT2D eigenvalue weighted by Crippen LogP contribution is 2.33. The summed E-state index contributed by atoms with van der Waals surface area (Å²) >= 11 is 6.20. The number of ketones is 1. The first-order valence-electron chi connectivity index (χ1n) is 8.42. The summed E-state index contributed by atoms with van der Waals surface area (Å²) in [6.45, 7) is 11.9. The van der Waals surface area contributed by atoms with E-state index in [0.717, 1.165) is 44.1 Å². The first-order valence-corrected chi connectivity index (χ1v) is 8.80. The van der Waals surface area contributed by atoms with Gasteiger partial charge in [-0.05, 0) is 63.4 Å². The molecule has 2 heterocycles. The molecule has 1 aromatic carbocycles. The van der Waals surface area contributed by atoms with E-state index in [2.05, 4.69) is 21.5 Å². The van der Waals surface area contributed by atoms with Crippen molar-refractivity contribution in [2.24, 2.45) is 0 Å². The summed E-state index contributed by atoms with van der Waals surface area (Å²) in [6.07, 6.45) is 0.425. The number of Topliss-reactive ketones (excluding diaryl/α,β-unsaturated/α-hetero) is 1. The van der Waals surface area contributed by atoms with Crippen molar-refractivity contribution < 1.29 is 4.79 Å². The van der Waals surface area contributed by atoms with Gasteiger partial charge in [0.05, 0.1) is 11.1 Å². The minimum atomic E-state index is 0.0419. The average molecular weight is 356 g/mol. The van der Waals surface area contributed by atoms with E-state index in [1.807, 2.05) is 46.8 Å². The summed E-state index contributed by atoms with van der Waals surface area (Å²) in [5.41, 5.74) is 6.62. The average Bonchev–Trinajstić information content (AvgIpc) is 2.77. The lowest BCUT2D eigenvalue weighted by Gasteiger charge is -2.15. The van der Waals surface area contributed by atoms with Crippen LogP contribution in [0.25, 0.3) is 16.7 Å². The number of aromatic nitrogens is 3. The highest BCUT2D eigenvalue weighted by molar-refractivity contribution is 6.30. The molecule has 0 aliphatic rings. The molecule has 0 unspecified atom stereocenters. The molecule has 25 heavy (non-hydrogen) atoms. The van der Waals surface area contributed by atoms with Gasteiger partial charge in [-0.25, -0.2) is 9.97 Å². The molecular weight excluding hydrogens is 334 g/mol. The maximum atomic E-state index is 12.5. The third-order valence-corrected chi connectivity index (χ3v) is 4.95. The number of nitrogens with zero attached hydrogens (tertiary/aromatic N) is 3. The predicted molar refractivity (Wildman–Crippen MR) is 102 cm³/mol. The van der Waals surface area contributed by atoms with Gasteiger partial charge >= 0.3 is 0 Å². The summed E-state index contributed by atoms with van der Waals surface area (Å²) in [6, 6.07) is 3.91. The number of rotatable bonds is 3. The molecule has 0 atom stereocenters. The summed E-state index contributed by atoms with van der Waals surface area (Å²) in [5, 5.41) is 1.57. The molecule has 0 aliphatic heterocycles. The lowest BCUT2D eigenvalue weighted by molar-refractivity contribution is 0.0984. The van der Waals surface area contributed by atoms with E-state index in [4.69, 9.17) is 11.6 Å². The van der Waals surface area contributed by atoms with Gasteiger partial charge in [-0.3, -0.25) is 9.36 Å². The van der Waals surface area contributed by atoms with Crippen LogP contribution in [0, 0.1) is 34.6 Å². The number of carbonyl (C=O) groups excluding carboxylic acids is 1. The maximum Gasteiger partial charge on any atom is 0.181 e. The maximum absolute atomic E-state index is 12.5. The van der Waals surface area contributed by atoms with Gasteiger partial charge in [0, 0.05) is 17.1 Å². The van der Waals surface area contributed by atoms with Crippen LogP contribution in [0.1, 0.15) is 52.0 Å². The van der Waals surface area contributed by atoms with E-state index in [1.54, 1.807) is 0 Å². The van der Waals surface area contributed by atoms with Gasteiger partial charge in [0.25, 0.3) is 0 Å². The molecule has 0 radical (unpaired) electrons. The molecular formula is C20H22ClN3O. The Balaban J connectivity index is 2.49. The van der Waals surface area contributed by atoms with Crippen molar-refractivity contribution in [2.45, 2.75) is 48.0 Å². The van der Waals surface area contributed by atoms with Crippen molar-refractivity contribution in [3.05, 3.63) is 51.1 Å². The second-order valence-electron chi connectivity index (χ2n) is 6.53. The molecule has 0 bridgehead atoms. The van der Waals surface area contributed by atoms with Gasteiger partial charge in [-0.15, -0.1) is 0 Å². The van der Waals surface area contributed by atoms with Crippen molar-refractivity contribution in [2.75, 3.05) is 0 Å². The van der Waals surface area contributed by atoms with E-state index in [1.165, 1.54) is 0 Å². The molecule has 0 N–H and O–H groups in total. The molecule has 5 heteroatoms. The van der Waals surface area contributed by atoms with Crippen molar-refractivity contribution in [3.63, 3.8) is 0 Å².